The maximum atomic E-state index is 12.8. The smallest absolute Gasteiger partial charge is 0.251 e. The molecule has 1 aromatic carbocycles. The fourth-order valence-electron chi connectivity index (χ4n) is 3.27. The third-order valence-corrected chi connectivity index (χ3v) is 6.98. The van der Waals surface area contributed by atoms with E-state index in [0.29, 0.717) is 18.8 Å². The van der Waals surface area contributed by atoms with Crippen LogP contribution in [0.15, 0.2) is 46.2 Å². The second-order valence-electron chi connectivity index (χ2n) is 7.09. The summed E-state index contributed by atoms with van der Waals surface area (Å²) >= 11 is 0. The summed E-state index contributed by atoms with van der Waals surface area (Å²) in [6.07, 6.45) is 3.94. The predicted molar refractivity (Wildman–Crippen MR) is 108 cm³/mol. The highest BCUT2D eigenvalue weighted by Crippen LogP contribution is 2.20. The van der Waals surface area contributed by atoms with Gasteiger partial charge >= 0.3 is 0 Å². The lowest BCUT2D eigenvalue weighted by molar-refractivity contribution is -0.116. The number of pyridine rings is 1. The average molecular weight is 404 g/mol. The van der Waals surface area contributed by atoms with E-state index >= 15 is 0 Å². The highest BCUT2D eigenvalue weighted by Gasteiger charge is 2.26. The fourth-order valence-corrected chi connectivity index (χ4v) is 4.81. The molecule has 0 saturated carbocycles. The summed E-state index contributed by atoms with van der Waals surface area (Å²) in [4.78, 5) is 24.6. The van der Waals surface area contributed by atoms with Crippen LogP contribution in [0.1, 0.15) is 30.4 Å². The number of aromatic nitrogens is 1. The zero-order valence-corrected chi connectivity index (χ0v) is 17.0. The Hall–Kier alpha value is -2.45. The van der Waals surface area contributed by atoms with E-state index in [9.17, 15) is 18.0 Å². The van der Waals surface area contributed by atoms with Gasteiger partial charge in [-0.15, -0.1) is 0 Å². The number of nitrogens with one attached hydrogen (secondary N) is 1. The normalized spacial score (nSPS) is 15.4. The topological polar surface area (TPSA) is 88.5 Å². The Morgan fingerprint density at radius 3 is 2.50 bits per heavy atom. The summed E-state index contributed by atoms with van der Waals surface area (Å²) in [6.45, 7) is 4.56. The molecule has 1 N–H and O–H groups in total. The van der Waals surface area contributed by atoms with Crippen molar-refractivity contribution in [1.29, 1.82) is 0 Å². The second-order valence-corrected chi connectivity index (χ2v) is 9.03. The van der Waals surface area contributed by atoms with Crippen LogP contribution < -0.4 is 10.9 Å². The van der Waals surface area contributed by atoms with Gasteiger partial charge in [0.25, 0.3) is 5.56 Å². The SMILES string of the molecule is Cc1cccc(NC(=O)Cn2cc(S(=O)(=O)N3CCCCC3)ccc2=O)c1C. The third kappa shape index (κ3) is 4.34. The maximum Gasteiger partial charge on any atom is 0.251 e. The zero-order valence-electron chi connectivity index (χ0n) is 16.1. The standard InChI is InChI=1S/C20H25N3O4S/c1-15-7-6-8-18(16(15)2)21-19(24)14-22-13-17(9-10-20(22)25)28(26,27)23-11-4-3-5-12-23/h6-10,13H,3-5,11-12,14H2,1-2H3,(H,21,24). The average Bonchev–Trinajstić information content (AvgIpc) is 2.68. The number of amides is 1. The number of carbonyl (C=O) groups excluding carboxylic acids is 1. The van der Waals surface area contributed by atoms with E-state index in [1.54, 1.807) is 6.07 Å². The van der Waals surface area contributed by atoms with Crippen LogP contribution in [0.25, 0.3) is 0 Å². The van der Waals surface area contributed by atoms with E-state index in [0.717, 1.165) is 35.0 Å². The first-order chi connectivity index (χ1) is 13.3. The number of anilines is 1. The van der Waals surface area contributed by atoms with Crippen molar-refractivity contribution in [3.63, 3.8) is 0 Å². The van der Waals surface area contributed by atoms with Gasteiger partial charge in [-0.25, -0.2) is 8.42 Å². The van der Waals surface area contributed by atoms with Gasteiger partial charge in [0.15, 0.2) is 0 Å². The molecular formula is C20H25N3O4S. The van der Waals surface area contributed by atoms with Crippen LogP contribution >= 0.6 is 0 Å². The van der Waals surface area contributed by atoms with Gasteiger partial charge in [-0.3, -0.25) is 9.59 Å². The van der Waals surface area contributed by atoms with Gasteiger partial charge in [-0.1, -0.05) is 18.6 Å². The number of sulfonamides is 1. The molecule has 1 saturated heterocycles. The van der Waals surface area contributed by atoms with E-state index in [2.05, 4.69) is 5.32 Å². The monoisotopic (exact) mass is 403 g/mol. The molecule has 0 bridgehead atoms. The maximum absolute atomic E-state index is 12.8. The van der Waals surface area contributed by atoms with Crippen molar-refractivity contribution in [3.8, 4) is 0 Å². The van der Waals surface area contributed by atoms with E-state index in [1.165, 1.54) is 22.6 Å². The van der Waals surface area contributed by atoms with Crippen LogP contribution in [0, 0.1) is 13.8 Å². The van der Waals surface area contributed by atoms with Crippen LogP contribution in [-0.4, -0.2) is 36.3 Å². The fraction of sp³-hybridized carbons (Fsp3) is 0.400. The molecule has 1 aliphatic rings. The van der Waals surface area contributed by atoms with Gasteiger partial charge in [0.2, 0.25) is 15.9 Å². The molecule has 2 heterocycles. The molecule has 1 fully saturated rings. The van der Waals surface area contributed by atoms with Gasteiger partial charge in [0.05, 0.1) is 4.90 Å². The van der Waals surface area contributed by atoms with Crippen molar-refractivity contribution in [2.75, 3.05) is 18.4 Å². The van der Waals surface area contributed by atoms with Crippen LogP contribution in [0.4, 0.5) is 5.69 Å². The quantitative estimate of drug-likeness (QED) is 0.830. The van der Waals surface area contributed by atoms with Crippen LogP contribution in [0.2, 0.25) is 0 Å². The van der Waals surface area contributed by atoms with Gasteiger partial charge in [-0.2, -0.15) is 4.31 Å². The number of hydrogen-bond donors (Lipinski definition) is 1. The second kappa shape index (κ2) is 8.28. The van der Waals surface area contributed by atoms with Crippen LogP contribution in [-0.2, 0) is 21.4 Å². The largest absolute Gasteiger partial charge is 0.324 e. The highest BCUT2D eigenvalue weighted by molar-refractivity contribution is 7.89. The van der Waals surface area contributed by atoms with Gasteiger partial charge in [0.1, 0.15) is 6.54 Å². The molecule has 1 aliphatic heterocycles. The number of piperidine rings is 1. The Labute approximate surface area is 165 Å². The summed E-state index contributed by atoms with van der Waals surface area (Å²) in [5.41, 5.74) is 2.25. The van der Waals surface area contributed by atoms with Gasteiger partial charge < -0.3 is 9.88 Å². The van der Waals surface area contributed by atoms with E-state index < -0.39 is 15.6 Å². The summed E-state index contributed by atoms with van der Waals surface area (Å²) in [6, 6.07) is 8.09. The van der Waals surface area contributed by atoms with E-state index in [1.807, 2.05) is 26.0 Å². The minimum absolute atomic E-state index is 0.0357. The summed E-state index contributed by atoms with van der Waals surface area (Å²) in [5.74, 6) is -0.386. The first-order valence-corrected chi connectivity index (χ1v) is 10.8. The lowest BCUT2D eigenvalue weighted by Crippen LogP contribution is -2.36. The number of benzene rings is 1. The predicted octanol–water partition coefficient (Wildman–Crippen LogP) is 2.28. The minimum atomic E-state index is -3.67. The van der Waals surface area contributed by atoms with Crippen molar-refractivity contribution in [2.45, 2.75) is 44.6 Å². The highest BCUT2D eigenvalue weighted by atomic mass is 32.2. The van der Waals surface area contributed by atoms with Crippen molar-refractivity contribution < 1.29 is 13.2 Å². The van der Waals surface area contributed by atoms with Crippen LogP contribution in [0.5, 0.6) is 0 Å². The minimum Gasteiger partial charge on any atom is -0.324 e. The molecule has 2 aromatic rings. The number of aryl methyl sites for hydroxylation is 1. The molecule has 150 valence electrons. The molecule has 0 unspecified atom stereocenters. The number of rotatable bonds is 5. The Balaban J connectivity index is 1.81. The molecule has 1 amide bonds. The summed E-state index contributed by atoms with van der Waals surface area (Å²) < 4.78 is 28.2. The number of carbonyl (C=O) groups is 1. The Bertz CT molecular complexity index is 1040. The molecule has 28 heavy (non-hydrogen) atoms. The lowest BCUT2D eigenvalue weighted by atomic mass is 10.1. The molecule has 8 heteroatoms. The molecule has 0 aliphatic carbocycles. The molecule has 0 spiro atoms. The van der Waals surface area contributed by atoms with E-state index in [4.69, 9.17) is 0 Å². The van der Waals surface area contributed by atoms with E-state index in [-0.39, 0.29) is 17.3 Å². The Morgan fingerprint density at radius 1 is 1.07 bits per heavy atom. The van der Waals surface area contributed by atoms with Crippen molar-refractivity contribution in [2.24, 2.45) is 0 Å². The third-order valence-electron chi connectivity index (χ3n) is 5.10. The van der Waals surface area contributed by atoms with Gasteiger partial charge in [0, 0.05) is 31.0 Å². The molecule has 7 nitrogen and oxygen atoms in total. The molecule has 3 rings (SSSR count). The summed E-state index contributed by atoms with van der Waals surface area (Å²) in [5, 5.41) is 2.79. The lowest BCUT2D eigenvalue weighted by Gasteiger charge is -2.26. The van der Waals surface area contributed by atoms with Crippen molar-refractivity contribution >= 4 is 21.6 Å². The molecular weight excluding hydrogens is 378 g/mol. The molecule has 0 radical (unpaired) electrons. The molecule has 1 aromatic heterocycles. The first-order valence-electron chi connectivity index (χ1n) is 9.36. The number of nitrogens with zero attached hydrogens (tertiary/aromatic N) is 2. The Morgan fingerprint density at radius 2 is 1.79 bits per heavy atom. The van der Waals surface area contributed by atoms with Crippen molar-refractivity contribution in [1.82, 2.24) is 8.87 Å². The number of hydrogen-bond acceptors (Lipinski definition) is 4. The zero-order chi connectivity index (χ0) is 20.3. The molecule has 0 atom stereocenters. The van der Waals surface area contributed by atoms with Gasteiger partial charge in [-0.05, 0) is 49.9 Å². The first kappa shape index (κ1) is 20.3. The van der Waals surface area contributed by atoms with Crippen LogP contribution in [0.3, 0.4) is 0 Å². The Kier molecular flexibility index (Phi) is 6.00. The van der Waals surface area contributed by atoms with Crippen molar-refractivity contribution in [3.05, 3.63) is 58.0 Å². The summed E-state index contributed by atoms with van der Waals surface area (Å²) in [7, 11) is -3.67.